The standard InChI is InChI=1S/C17H19F3N4O3S/c1-10(25)14-15(17(18,19)20)23-24(16(14)22-11-5-3-4-6-11)12-7-8-13(21-9-12)28(2,26)27/h7-9,11,22H,3-6H2,1-2H3. The number of sulfone groups is 1. The van der Waals surface area contributed by atoms with Gasteiger partial charge in [0, 0.05) is 12.3 Å². The number of ketones is 1. The lowest BCUT2D eigenvalue weighted by Gasteiger charge is -2.16. The maximum atomic E-state index is 13.5. The number of hydrogen-bond donors (Lipinski definition) is 1. The number of carbonyl (C=O) groups is 1. The van der Waals surface area contributed by atoms with E-state index in [9.17, 15) is 26.4 Å². The SMILES string of the molecule is CC(=O)c1c(C(F)(F)F)nn(-c2ccc(S(C)(=O)=O)nc2)c1NC1CCCC1. The van der Waals surface area contributed by atoms with Gasteiger partial charge in [-0.2, -0.15) is 18.3 Å². The number of anilines is 1. The Labute approximate surface area is 159 Å². The quantitative estimate of drug-likeness (QED) is 0.752. The van der Waals surface area contributed by atoms with E-state index in [2.05, 4.69) is 15.4 Å². The first kappa shape index (κ1) is 20.3. The summed E-state index contributed by atoms with van der Waals surface area (Å²) in [7, 11) is -3.56. The Hall–Kier alpha value is -2.43. The van der Waals surface area contributed by atoms with Crippen molar-refractivity contribution in [2.75, 3.05) is 11.6 Å². The molecule has 28 heavy (non-hydrogen) atoms. The number of nitrogens with one attached hydrogen (secondary N) is 1. The van der Waals surface area contributed by atoms with Crippen LogP contribution >= 0.6 is 0 Å². The summed E-state index contributed by atoms with van der Waals surface area (Å²) in [6.07, 6.45) is 0.706. The molecule has 1 saturated carbocycles. The summed E-state index contributed by atoms with van der Waals surface area (Å²) in [5, 5.41) is 6.44. The maximum absolute atomic E-state index is 13.5. The average molecular weight is 416 g/mol. The summed E-state index contributed by atoms with van der Waals surface area (Å²) in [5.41, 5.74) is -1.70. The summed E-state index contributed by atoms with van der Waals surface area (Å²) >= 11 is 0. The minimum Gasteiger partial charge on any atom is -0.367 e. The number of pyridine rings is 1. The molecule has 0 aliphatic heterocycles. The van der Waals surface area contributed by atoms with Crippen molar-refractivity contribution in [3.05, 3.63) is 29.6 Å². The fourth-order valence-corrected chi connectivity index (χ4v) is 3.81. The van der Waals surface area contributed by atoms with Gasteiger partial charge < -0.3 is 5.32 Å². The van der Waals surface area contributed by atoms with Crippen LogP contribution in [-0.2, 0) is 16.0 Å². The Kier molecular flexibility index (Phi) is 5.22. The highest BCUT2D eigenvalue weighted by Gasteiger charge is 2.41. The van der Waals surface area contributed by atoms with E-state index in [0.717, 1.165) is 49.7 Å². The number of hydrogen-bond acceptors (Lipinski definition) is 6. The van der Waals surface area contributed by atoms with E-state index in [1.54, 1.807) is 0 Å². The Balaban J connectivity index is 2.16. The molecular weight excluding hydrogens is 397 g/mol. The van der Waals surface area contributed by atoms with Gasteiger partial charge in [0.2, 0.25) is 0 Å². The fraction of sp³-hybridized carbons (Fsp3) is 0.471. The van der Waals surface area contributed by atoms with Crippen molar-refractivity contribution in [2.45, 2.75) is 49.9 Å². The highest BCUT2D eigenvalue weighted by Crippen LogP contribution is 2.37. The predicted octanol–water partition coefficient (Wildman–Crippen LogP) is 3.25. The zero-order chi connectivity index (χ0) is 20.7. The number of halogens is 3. The van der Waals surface area contributed by atoms with Gasteiger partial charge in [0.25, 0.3) is 0 Å². The third-order valence-corrected chi connectivity index (χ3v) is 5.55. The fourth-order valence-electron chi connectivity index (χ4n) is 3.25. The van der Waals surface area contributed by atoms with Gasteiger partial charge in [0.15, 0.2) is 26.3 Å². The second kappa shape index (κ2) is 7.19. The molecule has 3 rings (SSSR count). The van der Waals surface area contributed by atoms with Gasteiger partial charge in [0.05, 0.1) is 17.4 Å². The molecule has 1 N–H and O–H groups in total. The van der Waals surface area contributed by atoms with Crippen molar-refractivity contribution in [3.63, 3.8) is 0 Å². The molecule has 152 valence electrons. The van der Waals surface area contributed by atoms with E-state index >= 15 is 0 Å². The molecule has 2 heterocycles. The van der Waals surface area contributed by atoms with E-state index < -0.39 is 33.1 Å². The molecule has 1 aliphatic carbocycles. The summed E-state index contributed by atoms with van der Waals surface area (Å²) < 4.78 is 64.6. The van der Waals surface area contributed by atoms with Crippen LogP contribution in [0.15, 0.2) is 23.4 Å². The molecule has 0 saturated heterocycles. The van der Waals surface area contributed by atoms with Crippen molar-refractivity contribution in [1.82, 2.24) is 14.8 Å². The molecule has 0 amide bonds. The van der Waals surface area contributed by atoms with Gasteiger partial charge in [-0.15, -0.1) is 0 Å². The molecule has 2 aromatic heterocycles. The molecule has 0 unspecified atom stereocenters. The molecule has 0 aromatic carbocycles. The molecule has 1 aliphatic rings. The summed E-state index contributed by atoms with van der Waals surface area (Å²) in [6, 6.07) is 2.42. The number of rotatable bonds is 5. The lowest BCUT2D eigenvalue weighted by atomic mass is 10.1. The minimum absolute atomic E-state index is 0.0550. The van der Waals surface area contributed by atoms with Crippen LogP contribution in [-0.4, -0.2) is 41.3 Å². The molecule has 0 atom stereocenters. The van der Waals surface area contributed by atoms with Crippen LogP contribution in [0.4, 0.5) is 19.0 Å². The second-order valence-corrected chi connectivity index (χ2v) is 8.75. The Morgan fingerprint density at radius 2 is 1.89 bits per heavy atom. The number of alkyl halides is 3. The van der Waals surface area contributed by atoms with Crippen molar-refractivity contribution in [3.8, 4) is 5.69 Å². The second-order valence-electron chi connectivity index (χ2n) is 6.79. The molecule has 0 radical (unpaired) electrons. The van der Waals surface area contributed by atoms with E-state index in [-0.39, 0.29) is 22.6 Å². The van der Waals surface area contributed by atoms with Crippen molar-refractivity contribution in [2.24, 2.45) is 0 Å². The molecule has 7 nitrogen and oxygen atoms in total. The molecule has 0 spiro atoms. The average Bonchev–Trinajstić information content (AvgIpc) is 3.22. The number of carbonyl (C=O) groups excluding carboxylic acids is 1. The number of aromatic nitrogens is 3. The first-order valence-corrected chi connectivity index (χ1v) is 10.5. The van der Waals surface area contributed by atoms with Crippen molar-refractivity contribution in [1.29, 1.82) is 0 Å². The van der Waals surface area contributed by atoms with Crippen LogP contribution in [0.3, 0.4) is 0 Å². The maximum Gasteiger partial charge on any atom is 0.435 e. The molecule has 1 fully saturated rings. The zero-order valence-electron chi connectivity index (χ0n) is 15.2. The molecular formula is C17H19F3N4O3S. The van der Waals surface area contributed by atoms with Crippen LogP contribution in [0.5, 0.6) is 0 Å². The van der Waals surface area contributed by atoms with Crippen LogP contribution in [0.25, 0.3) is 5.69 Å². The Morgan fingerprint density at radius 1 is 1.25 bits per heavy atom. The first-order chi connectivity index (χ1) is 13.0. The Morgan fingerprint density at radius 3 is 2.36 bits per heavy atom. The third kappa shape index (κ3) is 4.03. The number of Topliss-reactive ketones (excluding diaryl/α,β-unsaturated/α-hetero) is 1. The van der Waals surface area contributed by atoms with Crippen molar-refractivity contribution < 1.29 is 26.4 Å². The van der Waals surface area contributed by atoms with Crippen LogP contribution < -0.4 is 5.32 Å². The van der Waals surface area contributed by atoms with Gasteiger partial charge in [-0.1, -0.05) is 12.8 Å². The topological polar surface area (TPSA) is 94.0 Å². The molecule has 0 bridgehead atoms. The zero-order valence-corrected chi connectivity index (χ0v) is 16.1. The van der Waals surface area contributed by atoms with Gasteiger partial charge in [-0.05, 0) is 31.9 Å². The largest absolute Gasteiger partial charge is 0.435 e. The Bertz CT molecular complexity index is 992. The highest BCUT2D eigenvalue weighted by atomic mass is 32.2. The smallest absolute Gasteiger partial charge is 0.367 e. The van der Waals surface area contributed by atoms with E-state index in [1.807, 2.05) is 0 Å². The minimum atomic E-state index is -4.82. The normalized spacial score (nSPS) is 15.8. The van der Waals surface area contributed by atoms with Gasteiger partial charge in [-0.25, -0.2) is 18.1 Å². The first-order valence-electron chi connectivity index (χ1n) is 8.62. The lowest BCUT2D eigenvalue weighted by molar-refractivity contribution is -0.141. The predicted molar refractivity (Wildman–Crippen MR) is 95.4 cm³/mol. The van der Waals surface area contributed by atoms with Gasteiger partial charge in [-0.3, -0.25) is 4.79 Å². The monoisotopic (exact) mass is 416 g/mol. The van der Waals surface area contributed by atoms with Crippen LogP contribution in [0.1, 0.15) is 48.7 Å². The molecule has 11 heteroatoms. The van der Waals surface area contributed by atoms with Gasteiger partial charge >= 0.3 is 6.18 Å². The van der Waals surface area contributed by atoms with E-state index in [4.69, 9.17) is 0 Å². The highest BCUT2D eigenvalue weighted by molar-refractivity contribution is 7.90. The van der Waals surface area contributed by atoms with Gasteiger partial charge in [0.1, 0.15) is 5.82 Å². The van der Waals surface area contributed by atoms with Crippen LogP contribution in [0, 0.1) is 0 Å². The third-order valence-electron chi connectivity index (χ3n) is 4.55. The van der Waals surface area contributed by atoms with Crippen molar-refractivity contribution >= 4 is 21.4 Å². The summed E-state index contributed by atoms with van der Waals surface area (Å²) in [5.74, 6) is -0.819. The number of nitrogens with zero attached hydrogens (tertiary/aromatic N) is 3. The van der Waals surface area contributed by atoms with Crippen LogP contribution in [0.2, 0.25) is 0 Å². The van der Waals surface area contributed by atoms with E-state index in [0.29, 0.717) is 0 Å². The summed E-state index contributed by atoms with van der Waals surface area (Å²) in [6.45, 7) is 1.06. The van der Waals surface area contributed by atoms with E-state index in [1.165, 1.54) is 12.1 Å². The summed E-state index contributed by atoms with van der Waals surface area (Å²) in [4.78, 5) is 15.9. The lowest BCUT2D eigenvalue weighted by Crippen LogP contribution is -2.19. The molecule has 2 aromatic rings.